The highest BCUT2D eigenvalue weighted by molar-refractivity contribution is 8.00. The van der Waals surface area contributed by atoms with Crippen LogP contribution in [0.2, 0.25) is 0 Å². The van der Waals surface area contributed by atoms with Crippen LogP contribution < -0.4 is 10.2 Å². The molecule has 7 nitrogen and oxygen atoms in total. The number of amides is 1. The number of carbonyl (C=O) groups excluding carboxylic acids is 1. The lowest BCUT2D eigenvalue weighted by Gasteiger charge is -2.28. The van der Waals surface area contributed by atoms with Gasteiger partial charge in [0.1, 0.15) is 0 Å². The van der Waals surface area contributed by atoms with Gasteiger partial charge in [0.2, 0.25) is 11.9 Å². The Morgan fingerprint density at radius 2 is 1.96 bits per heavy atom. The molecule has 2 fully saturated rings. The lowest BCUT2D eigenvalue weighted by molar-refractivity contribution is -0.115. The summed E-state index contributed by atoms with van der Waals surface area (Å²) in [6.07, 6.45) is 3.28. The Hall–Kier alpha value is -2.06. The Morgan fingerprint density at radius 3 is 2.61 bits per heavy atom. The van der Waals surface area contributed by atoms with Crippen LogP contribution >= 0.6 is 11.8 Å². The third-order valence-corrected chi connectivity index (χ3v) is 6.19. The normalized spacial score (nSPS) is 18.1. The number of hydrogen-bond donors (Lipinski definition) is 1. The number of nitrogens with one attached hydrogen (secondary N) is 1. The van der Waals surface area contributed by atoms with E-state index >= 15 is 0 Å². The van der Waals surface area contributed by atoms with Gasteiger partial charge in [-0.05, 0) is 43.9 Å². The van der Waals surface area contributed by atoms with Crippen molar-refractivity contribution in [3.63, 3.8) is 0 Å². The highest BCUT2D eigenvalue weighted by Crippen LogP contribution is 2.41. The van der Waals surface area contributed by atoms with Gasteiger partial charge in [0.05, 0.1) is 18.5 Å². The summed E-state index contributed by atoms with van der Waals surface area (Å²) in [6.45, 7) is 7.14. The molecule has 1 unspecified atom stereocenters. The van der Waals surface area contributed by atoms with E-state index in [0.717, 1.165) is 62.4 Å². The molecule has 150 valence electrons. The molecule has 4 rings (SSSR count). The van der Waals surface area contributed by atoms with Gasteiger partial charge in [-0.2, -0.15) is 0 Å². The number of aromatic nitrogens is 3. The molecule has 1 aromatic carbocycles. The zero-order valence-electron chi connectivity index (χ0n) is 16.4. The number of benzene rings is 1. The quantitative estimate of drug-likeness (QED) is 0.719. The van der Waals surface area contributed by atoms with E-state index in [1.807, 2.05) is 31.2 Å². The molecule has 0 bridgehead atoms. The van der Waals surface area contributed by atoms with Crippen molar-refractivity contribution in [2.45, 2.75) is 49.6 Å². The molecule has 1 aliphatic carbocycles. The maximum atomic E-state index is 12.7. The summed E-state index contributed by atoms with van der Waals surface area (Å²) in [7, 11) is 0. The first-order valence-electron chi connectivity index (χ1n) is 9.99. The van der Waals surface area contributed by atoms with Crippen LogP contribution in [0.3, 0.4) is 0 Å². The molecule has 2 heterocycles. The van der Waals surface area contributed by atoms with E-state index in [1.165, 1.54) is 17.3 Å². The molecule has 2 aromatic rings. The molecule has 8 heteroatoms. The number of morpholine rings is 1. The molecule has 2 aliphatic rings. The molecule has 1 saturated carbocycles. The van der Waals surface area contributed by atoms with Crippen molar-refractivity contribution in [3.8, 4) is 0 Å². The number of rotatable bonds is 7. The standard InChI is InChI=1S/C20H27N5O2S/c1-3-15-4-6-16(7-5-15)21-18(26)14(2)28-20-23-22-19(25(20)17-8-9-17)24-10-12-27-13-11-24/h4-7,14,17H,3,8-13H2,1-2H3,(H,21,26). The SMILES string of the molecule is CCc1ccc(NC(=O)C(C)Sc2nnc(N3CCOCC3)n2C2CC2)cc1. The topological polar surface area (TPSA) is 72.3 Å². The van der Waals surface area contributed by atoms with Crippen molar-refractivity contribution in [3.05, 3.63) is 29.8 Å². The van der Waals surface area contributed by atoms with Crippen molar-refractivity contribution < 1.29 is 9.53 Å². The van der Waals surface area contributed by atoms with E-state index in [4.69, 9.17) is 4.74 Å². The van der Waals surface area contributed by atoms with E-state index in [1.54, 1.807) is 0 Å². The van der Waals surface area contributed by atoms with Crippen molar-refractivity contribution in [1.82, 2.24) is 14.8 Å². The van der Waals surface area contributed by atoms with Gasteiger partial charge >= 0.3 is 0 Å². The van der Waals surface area contributed by atoms with Gasteiger partial charge in [0.15, 0.2) is 5.16 Å². The fourth-order valence-corrected chi connectivity index (χ4v) is 4.17. The summed E-state index contributed by atoms with van der Waals surface area (Å²) < 4.78 is 7.67. The summed E-state index contributed by atoms with van der Waals surface area (Å²) in [5.41, 5.74) is 2.08. The summed E-state index contributed by atoms with van der Waals surface area (Å²) in [4.78, 5) is 14.9. The van der Waals surface area contributed by atoms with E-state index in [0.29, 0.717) is 6.04 Å². The molecule has 1 aliphatic heterocycles. The van der Waals surface area contributed by atoms with E-state index in [-0.39, 0.29) is 11.2 Å². The van der Waals surface area contributed by atoms with E-state index in [9.17, 15) is 4.79 Å². The van der Waals surface area contributed by atoms with Crippen LogP contribution in [0.1, 0.15) is 38.3 Å². The average molecular weight is 402 g/mol. The summed E-state index contributed by atoms with van der Waals surface area (Å²) >= 11 is 1.48. The predicted octanol–water partition coefficient (Wildman–Crippen LogP) is 3.13. The van der Waals surface area contributed by atoms with E-state index < -0.39 is 0 Å². The largest absolute Gasteiger partial charge is 0.378 e. The van der Waals surface area contributed by atoms with Crippen LogP contribution in [-0.2, 0) is 16.0 Å². The van der Waals surface area contributed by atoms with Crippen LogP contribution in [0.15, 0.2) is 29.4 Å². The van der Waals surface area contributed by atoms with Crippen molar-refractivity contribution in [2.75, 3.05) is 36.5 Å². The highest BCUT2D eigenvalue weighted by atomic mass is 32.2. The maximum absolute atomic E-state index is 12.7. The highest BCUT2D eigenvalue weighted by Gasteiger charge is 2.33. The number of carbonyl (C=O) groups is 1. The van der Waals surface area contributed by atoms with Gasteiger partial charge in [-0.25, -0.2) is 0 Å². The van der Waals surface area contributed by atoms with E-state index in [2.05, 4.69) is 31.9 Å². The first kappa shape index (κ1) is 19.3. The Bertz CT molecular complexity index is 813. The van der Waals surface area contributed by atoms with Gasteiger partial charge < -0.3 is 15.0 Å². The molecular formula is C20H27N5O2S. The fourth-order valence-electron chi connectivity index (χ4n) is 3.26. The van der Waals surface area contributed by atoms with Crippen LogP contribution in [0.4, 0.5) is 11.6 Å². The zero-order valence-corrected chi connectivity index (χ0v) is 17.2. The minimum atomic E-state index is -0.259. The Kier molecular flexibility index (Phi) is 5.87. The first-order valence-corrected chi connectivity index (χ1v) is 10.9. The van der Waals surface area contributed by atoms with Crippen LogP contribution in [0, 0.1) is 0 Å². The number of thioether (sulfide) groups is 1. The lowest BCUT2D eigenvalue weighted by atomic mass is 10.1. The Morgan fingerprint density at radius 1 is 1.25 bits per heavy atom. The third-order valence-electron chi connectivity index (χ3n) is 5.13. The molecule has 1 atom stereocenters. The van der Waals surface area contributed by atoms with Crippen LogP contribution in [0.25, 0.3) is 0 Å². The fraction of sp³-hybridized carbons (Fsp3) is 0.550. The molecule has 1 N–H and O–H groups in total. The number of ether oxygens (including phenoxy) is 1. The second-order valence-corrected chi connectivity index (χ2v) is 8.59. The lowest BCUT2D eigenvalue weighted by Crippen LogP contribution is -2.38. The van der Waals surface area contributed by atoms with Crippen molar-refractivity contribution in [2.24, 2.45) is 0 Å². The van der Waals surface area contributed by atoms with Crippen molar-refractivity contribution in [1.29, 1.82) is 0 Å². The molecular weight excluding hydrogens is 374 g/mol. The number of nitrogens with zero attached hydrogens (tertiary/aromatic N) is 4. The van der Waals surface area contributed by atoms with Crippen LogP contribution in [-0.4, -0.2) is 52.2 Å². The smallest absolute Gasteiger partial charge is 0.237 e. The Balaban J connectivity index is 1.44. The second-order valence-electron chi connectivity index (χ2n) is 7.28. The van der Waals surface area contributed by atoms with Crippen molar-refractivity contribution >= 4 is 29.3 Å². The van der Waals surface area contributed by atoms with Gasteiger partial charge in [0.25, 0.3) is 0 Å². The zero-order chi connectivity index (χ0) is 19.5. The predicted molar refractivity (Wildman–Crippen MR) is 111 cm³/mol. The molecule has 0 spiro atoms. The monoisotopic (exact) mass is 401 g/mol. The van der Waals surface area contributed by atoms with Gasteiger partial charge in [-0.3, -0.25) is 9.36 Å². The molecule has 1 saturated heterocycles. The summed E-state index contributed by atoms with van der Waals surface area (Å²) in [5.74, 6) is 0.892. The number of anilines is 2. The molecule has 1 aromatic heterocycles. The average Bonchev–Trinajstić information content (AvgIpc) is 3.49. The number of hydrogen-bond acceptors (Lipinski definition) is 6. The van der Waals surface area contributed by atoms with Gasteiger partial charge in [-0.15, -0.1) is 10.2 Å². The molecule has 28 heavy (non-hydrogen) atoms. The Labute approximate surface area is 169 Å². The minimum absolute atomic E-state index is 0.0208. The van der Waals surface area contributed by atoms with Gasteiger partial charge in [0, 0.05) is 24.8 Å². The first-order chi connectivity index (χ1) is 13.7. The molecule has 0 radical (unpaired) electrons. The summed E-state index contributed by atoms with van der Waals surface area (Å²) in [5, 5.41) is 12.4. The van der Waals surface area contributed by atoms with Gasteiger partial charge in [-0.1, -0.05) is 30.8 Å². The third kappa shape index (κ3) is 4.33. The minimum Gasteiger partial charge on any atom is -0.378 e. The maximum Gasteiger partial charge on any atom is 0.237 e. The molecule has 1 amide bonds. The summed E-state index contributed by atoms with van der Waals surface area (Å²) in [6, 6.07) is 8.46. The number of aryl methyl sites for hydroxylation is 1. The second kappa shape index (κ2) is 8.53. The van der Waals surface area contributed by atoms with Crippen LogP contribution in [0.5, 0.6) is 0 Å².